The normalized spacial score (nSPS) is 9.44. The van der Waals surface area contributed by atoms with E-state index >= 15 is 0 Å². The molecule has 0 fully saturated rings. The number of hydrogen-bond acceptors (Lipinski definition) is 1. The van der Waals surface area contributed by atoms with Gasteiger partial charge >= 0.3 is 0 Å². The minimum atomic E-state index is 1.13. The fraction of sp³-hybridized carbons (Fsp3) is 0.143. The van der Waals surface area contributed by atoms with Gasteiger partial charge in [-0.2, -0.15) is 0 Å². The summed E-state index contributed by atoms with van der Waals surface area (Å²) in [5.74, 6) is 0. The number of thioether (sulfide) groups is 1. The van der Waals surface area contributed by atoms with Gasteiger partial charge in [0.15, 0.2) is 0 Å². The lowest BCUT2D eigenvalue weighted by molar-refractivity contribution is 1.47. The lowest BCUT2D eigenvalue weighted by Crippen LogP contribution is -1.66. The molecule has 0 aliphatic rings. The van der Waals surface area contributed by atoms with Crippen molar-refractivity contribution in [2.75, 3.05) is 3.76 Å². The van der Waals surface area contributed by atoms with Crippen molar-refractivity contribution in [3.05, 3.63) is 30.3 Å². The molecule has 0 radical (unpaired) electrons. The van der Waals surface area contributed by atoms with Crippen LogP contribution in [0, 0.1) is 0 Å². The zero-order chi connectivity index (χ0) is 6.53. The summed E-state index contributed by atoms with van der Waals surface area (Å²) in [4.78, 5) is 1.35. The third-order valence-electron chi connectivity index (χ3n) is 0.964. The molecule has 2 heteroatoms. The summed E-state index contributed by atoms with van der Waals surface area (Å²) < 4.78 is 1.13. The molecule has 9 heavy (non-hydrogen) atoms. The molecule has 0 amide bonds. The highest BCUT2D eigenvalue weighted by molar-refractivity contribution is 14.1. The van der Waals surface area contributed by atoms with Gasteiger partial charge in [-0.15, -0.1) is 11.8 Å². The molecule has 0 aromatic heterocycles. The van der Waals surface area contributed by atoms with Crippen LogP contribution in [0.5, 0.6) is 0 Å². The summed E-state index contributed by atoms with van der Waals surface area (Å²) in [6, 6.07) is 10.4. The van der Waals surface area contributed by atoms with Gasteiger partial charge in [0.05, 0.1) is 3.76 Å². The van der Waals surface area contributed by atoms with Crippen molar-refractivity contribution in [1.29, 1.82) is 0 Å². The van der Waals surface area contributed by atoms with E-state index in [4.69, 9.17) is 0 Å². The number of benzene rings is 1. The summed E-state index contributed by atoms with van der Waals surface area (Å²) >= 11 is 4.22. The maximum absolute atomic E-state index is 2.35. The van der Waals surface area contributed by atoms with Gasteiger partial charge in [-0.25, -0.2) is 0 Å². The topological polar surface area (TPSA) is 0 Å². The first-order valence-corrected chi connectivity index (χ1v) is 5.18. The van der Waals surface area contributed by atoms with Crippen LogP contribution in [0.25, 0.3) is 0 Å². The van der Waals surface area contributed by atoms with Crippen molar-refractivity contribution in [3.63, 3.8) is 0 Å². The Morgan fingerprint density at radius 3 is 2.44 bits per heavy atom. The van der Waals surface area contributed by atoms with E-state index in [-0.39, 0.29) is 0 Å². The van der Waals surface area contributed by atoms with Crippen molar-refractivity contribution >= 4 is 34.4 Å². The Hall–Kier alpha value is 0.300. The Balaban J connectivity index is 2.61. The molecule has 0 aliphatic heterocycles. The second kappa shape index (κ2) is 4.17. The first kappa shape index (κ1) is 7.41. The summed E-state index contributed by atoms with van der Waals surface area (Å²) in [5.41, 5.74) is 0. The smallest absolute Gasteiger partial charge is 0.0501 e. The zero-order valence-electron chi connectivity index (χ0n) is 4.88. The van der Waals surface area contributed by atoms with E-state index in [1.54, 1.807) is 0 Å². The standard InChI is InChI=1S/C7H7IS/c8-6-9-7-4-2-1-3-5-7/h1-5H,6H2. The van der Waals surface area contributed by atoms with Gasteiger partial charge in [-0.05, 0) is 12.1 Å². The fourth-order valence-electron chi connectivity index (χ4n) is 0.580. The number of hydrogen-bond donors (Lipinski definition) is 0. The van der Waals surface area contributed by atoms with Crippen LogP contribution in [0.15, 0.2) is 35.2 Å². The highest BCUT2D eigenvalue weighted by Crippen LogP contribution is 2.18. The van der Waals surface area contributed by atoms with E-state index in [2.05, 4.69) is 46.9 Å². The average Bonchev–Trinajstić information content (AvgIpc) is 1.91. The van der Waals surface area contributed by atoms with Crippen LogP contribution in [0.1, 0.15) is 0 Å². The van der Waals surface area contributed by atoms with Crippen molar-refractivity contribution in [2.24, 2.45) is 0 Å². The monoisotopic (exact) mass is 250 g/mol. The highest BCUT2D eigenvalue weighted by atomic mass is 127. The van der Waals surface area contributed by atoms with Crippen molar-refractivity contribution < 1.29 is 0 Å². The van der Waals surface area contributed by atoms with Crippen molar-refractivity contribution in [3.8, 4) is 0 Å². The Morgan fingerprint density at radius 2 is 1.89 bits per heavy atom. The fourth-order valence-corrected chi connectivity index (χ4v) is 2.13. The maximum Gasteiger partial charge on any atom is 0.0501 e. The average molecular weight is 250 g/mol. The van der Waals surface area contributed by atoms with E-state index < -0.39 is 0 Å². The highest BCUT2D eigenvalue weighted by Gasteiger charge is 1.85. The molecule has 0 saturated carbocycles. The first-order chi connectivity index (χ1) is 4.43. The molecular weight excluding hydrogens is 243 g/mol. The van der Waals surface area contributed by atoms with E-state index in [1.807, 2.05) is 17.8 Å². The van der Waals surface area contributed by atoms with Crippen LogP contribution < -0.4 is 0 Å². The Bertz CT molecular complexity index is 162. The van der Waals surface area contributed by atoms with Gasteiger partial charge in [-0.1, -0.05) is 40.8 Å². The van der Waals surface area contributed by atoms with Gasteiger partial charge < -0.3 is 0 Å². The zero-order valence-corrected chi connectivity index (χ0v) is 7.85. The molecule has 1 aromatic carbocycles. The molecule has 0 heterocycles. The predicted octanol–water partition coefficient (Wildman–Crippen LogP) is 3.17. The molecule has 0 aliphatic carbocycles. The van der Waals surface area contributed by atoms with Crippen molar-refractivity contribution in [1.82, 2.24) is 0 Å². The van der Waals surface area contributed by atoms with Gasteiger partial charge in [0.25, 0.3) is 0 Å². The lowest BCUT2D eigenvalue weighted by atomic mass is 10.4. The van der Waals surface area contributed by atoms with Crippen LogP contribution in [-0.4, -0.2) is 3.76 Å². The summed E-state index contributed by atoms with van der Waals surface area (Å²) in [7, 11) is 0. The van der Waals surface area contributed by atoms with Crippen molar-refractivity contribution in [2.45, 2.75) is 4.90 Å². The lowest BCUT2D eigenvalue weighted by Gasteiger charge is -1.92. The Morgan fingerprint density at radius 1 is 1.22 bits per heavy atom. The molecule has 48 valence electrons. The second-order valence-electron chi connectivity index (χ2n) is 1.57. The van der Waals surface area contributed by atoms with Crippen LogP contribution in [-0.2, 0) is 0 Å². The van der Waals surface area contributed by atoms with E-state index in [9.17, 15) is 0 Å². The summed E-state index contributed by atoms with van der Waals surface area (Å²) in [6.45, 7) is 0. The van der Waals surface area contributed by atoms with Crippen LogP contribution >= 0.6 is 34.4 Å². The van der Waals surface area contributed by atoms with E-state index in [0.29, 0.717) is 0 Å². The molecule has 0 N–H and O–H groups in total. The molecule has 0 atom stereocenters. The van der Waals surface area contributed by atoms with E-state index in [0.717, 1.165) is 3.76 Å². The molecule has 0 spiro atoms. The third kappa shape index (κ3) is 2.58. The second-order valence-corrected chi connectivity index (χ2v) is 4.41. The molecule has 0 unspecified atom stereocenters. The van der Waals surface area contributed by atoms with E-state index in [1.165, 1.54) is 4.90 Å². The van der Waals surface area contributed by atoms with Crippen LogP contribution in [0.3, 0.4) is 0 Å². The molecule has 0 saturated heterocycles. The van der Waals surface area contributed by atoms with Gasteiger partial charge in [0.2, 0.25) is 0 Å². The molecular formula is C7H7IS. The van der Waals surface area contributed by atoms with Gasteiger partial charge in [-0.3, -0.25) is 0 Å². The third-order valence-corrected chi connectivity index (χ3v) is 2.61. The van der Waals surface area contributed by atoms with Crippen LogP contribution in [0.4, 0.5) is 0 Å². The first-order valence-electron chi connectivity index (χ1n) is 2.67. The van der Waals surface area contributed by atoms with Gasteiger partial charge in [0, 0.05) is 4.90 Å². The quantitative estimate of drug-likeness (QED) is 0.441. The Kier molecular flexibility index (Phi) is 3.43. The van der Waals surface area contributed by atoms with Crippen LogP contribution in [0.2, 0.25) is 0 Å². The largest absolute Gasteiger partial charge is 0.115 e. The number of halogens is 1. The molecule has 1 rings (SSSR count). The molecule has 1 aromatic rings. The number of alkyl halides is 1. The SMILES string of the molecule is ICSc1ccccc1. The maximum atomic E-state index is 2.35. The minimum Gasteiger partial charge on any atom is -0.115 e. The summed E-state index contributed by atoms with van der Waals surface area (Å²) in [5, 5.41) is 0. The molecule has 0 bridgehead atoms. The minimum absolute atomic E-state index is 1.13. The number of rotatable bonds is 2. The Labute approximate surface area is 73.2 Å². The summed E-state index contributed by atoms with van der Waals surface area (Å²) in [6.07, 6.45) is 0. The van der Waals surface area contributed by atoms with Gasteiger partial charge in [0.1, 0.15) is 0 Å². The molecule has 0 nitrogen and oxygen atoms in total. The predicted molar refractivity (Wildman–Crippen MR) is 51.2 cm³/mol.